The molecule has 1 fully saturated rings. The van der Waals surface area contributed by atoms with Crippen molar-refractivity contribution in [2.24, 2.45) is 18.7 Å². The first-order chi connectivity index (χ1) is 13.5. The number of aryl methyl sites for hydroxylation is 1. The molecule has 1 aliphatic carbocycles. The maximum atomic E-state index is 12.4. The van der Waals surface area contributed by atoms with Gasteiger partial charge in [-0.2, -0.15) is 5.10 Å². The summed E-state index contributed by atoms with van der Waals surface area (Å²) in [7, 11) is 1.62. The topological polar surface area (TPSA) is 141 Å². The Morgan fingerprint density at radius 1 is 1.39 bits per heavy atom. The quantitative estimate of drug-likeness (QED) is 0.565. The van der Waals surface area contributed by atoms with E-state index in [-0.39, 0.29) is 17.1 Å². The van der Waals surface area contributed by atoms with Crippen molar-refractivity contribution in [3.8, 4) is 11.5 Å². The van der Waals surface area contributed by atoms with Crippen LogP contribution in [0.2, 0.25) is 0 Å². The van der Waals surface area contributed by atoms with Crippen molar-refractivity contribution >= 4 is 23.3 Å². The van der Waals surface area contributed by atoms with Gasteiger partial charge in [-0.15, -0.1) is 0 Å². The molecule has 1 saturated carbocycles. The normalized spacial score (nSPS) is 13.3. The molecule has 3 aromatic heterocycles. The van der Waals surface area contributed by atoms with Crippen molar-refractivity contribution in [2.75, 3.05) is 17.2 Å². The first kappa shape index (κ1) is 17.7. The molecule has 0 spiro atoms. The maximum absolute atomic E-state index is 12.4. The lowest BCUT2D eigenvalue weighted by atomic mass is 10.2. The summed E-state index contributed by atoms with van der Waals surface area (Å²) in [5.74, 6) is 0.477. The van der Waals surface area contributed by atoms with Gasteiger partial charge in [-0.3, -0.25) is 14.3 Å². The van der Waals surface area contributed by atoms with Gasteiger partial charge in [0.25, 0.3) is 11.8 Å². The standard InChI is InChI=1S/C18H19N7O3/c1-25-8-12(15(24-25)16(19)26)22-17(27)13-9-28-18(23-13)11-4-5-20-14(6-11)21-7-10-2-3-10/h4-6,8-10H,2-3,7H2,1H3,(H2,19,26)(H,20,21)(H,22,27). The molecule has 0 atom stereocenters. The summed E-state index contributed by atoms with van der Waals surface area (Å²) in [5, 5.41) is 9.78. The number of hydrogen-bond acceptors (Lipinski definition) is 7. The van der Waals surface area contributed by atoms with E-state index in [1.807, 2.05) is 6.07 Å². The number of nitrogens with one attached hydrogen (secondary N) is 2. The number of carbonyl (C=O) groups excluding carboxylic acids is 2. The summed E-state index contributed by atoms with van der Waals surface area (Å²) in [4.78, 5) is 32.4. The number of anilines is 2. The molecule has 1 aliphatic rings. The van der Waals surface area contributed by atoms with Gasteiger partial charge in [0.1, 0.15) is 12.1 Å². The van der Waals surface area contributed by atoms with E-state index in [4.69, 9.17) is 10.2 Å². The minimum Gasteiger partial charge on any atom is -0.444 e. The zero-order valence-corrected chi connectivity index (χ0v) is 15.2. The summed E-state index contributed by atoms with van der Waals surface area (Å²) >= 11 is 0. The highest BCUT2D eigenvalue weighted by molar-refractivity contribution is 6.07. The Labute approximate surface area is 160 Å². The Hall–Kier alpha value is -3.69. The third kappa shape index (κ3) is 3.85. The van der Waals surface area contributed by atoms with Crippen molar-refractivity contribution < 1.29 is 14.0 Å². The van der Waals surface area contributed by atoms with Crippen LogP contribution < -0.4 is 16.4 Å². The van der Waals surface area contributed by atoms with Gasteiger partial charge in [0.15, 0.2) is 11.4 Å². The molecule has 3 aromatic rings. The van der Waals surface area contributed by atoms with Crippen molar-refractivity contribution in [3.63, 3.8) is 0 Å². The number of nitrogens with two attached hydrogens (primary N) is 1. The molecule has 4 N–H and O–H groups in total. The minimum atomic E-state index is -0.736. The van der Waals surface area contributed by atoms with Gasteiger partial charge in [-0.25, -0.2) is 9.97 Å². The number of amides is 2. The molecule has 0 aliphatic heterocycles. The zero-order chi connectivity index (χ0) is 19.7. The molecule has 144 valence electrons. The van der Waals surface area contributed by atoms with Crippen LogP contribution in [-0.2, 0) is 7.05 Å². The van der Waals surface area contributed by atoms with Crippen LogP contribution in [0.4, 0.5) is 11.5 Å². The molecule has 0 bridgehead atoms. The van der Waals surface area contributed by atoms with Crippen LogP contribution in [0, 0.1) is 5.92 Å². The summed E-state index contributed by atoms with van der Waals surface area (Å²) in [5.41, 5.74) is 6.22. The lowest BCUT2D eigenvalue weighted by Crippen LogP contribution is -2.18. The second-order valence-electron chi connectivity index (χ2n) is 6.68. The van der Waals surface area contributed by atoms with Crippen molar-refractivity contribution in [1.82, 2.24) is 19.7 Å². The second-order valence-corrected chi connectivity index (χ2v) is 6.68. The summed E-state index contributed by atoms with van der Waals surface area (Å²) in [6, 6.07) is 3.57. The van der Waals surface area contributed by atoms with E-state index in [9.17, 15) is 9.59 Å². The number of rotatable bonds is 7. The molecule has 10 heteroatoms. The van der Waals surface area contributed by atoms with Gasteiger partial charge in [0, 0.05) is 31.5 Å². The molecule has 28 heavy (non-hydrogen) atoms. The van der Waals surface area contributed by atoms with Crippen LogP contribution in [0.25, 0.3) is 11.5 Å². The first-order valence-electron chi connectivity index (χ1n) is 8.80. The lowest BCUT2D eigenvalue weighted by molar-refractivity contribution is 0.0995. The van der Waals surface area contributed by atoms with Crippen LogP contribution >= 0.6 is 0 Å². The average Bonchev–Trinajstić information content (AvgIpc) is 3.23. The van der Waals surface area contributed by atoms with Gasteiger partial charge >= 0.3 is 0 Å². The molecule has 0 saturated heterocycles. The number of hydrogen-bond donors (Lipinski definition) is 3. The number of nitrogens with zero attached hydrogens (tertiary/aromatic N) is 4. The van der Waals surface area contributed by atoms with Gasteiger partial charge < -0.3 is 20.8 Å². The predicted octanol–water partition coefficient (Wildman–Crippen LogP) is 1.64. The second kappa shape index (κ2) is 7.14. The zero-order valence-electron chi connectivity index (χ0n) is 15.2. The predicted molar refractivity (Wildman–Crippen MR) is 101 cm³/mol. The van der Waals surface area contributed by atoms with Crippen molar-refractivity contribution in [3.05, 3.63) is 42.2 Å². The van der Waals surface area contributed by atoms with E-state index in [1.54, 1.807) is 19.3 Å². The van der Waals surface area contributed by atoms with Crippen molar-refractivity contribution in [2.45, 2.75) is 12.8 Å². The molecule has 0 aromatic carbocycles. The van der Waals surface area contributed by atoms with E-state index in [2.05, 4.69) is 25.7 Å². The molecule has 0 radical (unpaired) electrons. The Kier molecular flexibility index (Phi) is 4.52. The van der Waals surface area contributed by atoms with Gasteiger partial charge in [-0.05, 0) is 30.9 Å². The fourth-order valence-corrected chi connectivity index (χ4v) is 2.69. The maximum Gasteiger partial charge on any atom is 0.277 e. The number of primary amides is 1. The molecular formula is C18H19N7O3. The van der Waals surface area contributed by atoms with Gasteiger partial charge in [-0.1, -0.05) is 0 Å². The smallest absolute Gasteiger partial charge is 0.277 e. The van der Waals surface area contributed by atoms with Crippen molar-refractivity contribution in [1.29, 1.82) is 0 Å². The highest BCUT2D eigenvalue weighted by atomic mass is 16.3. The van der Waals surface area contributed by atoms with E-state index < -0.39 is 11.8 Å². The van der Waals surface area contributed by atoms with Crippen LogP contribution in [-0.4, -0.2) is 38.1 Å². The largest absolute Gasteiger partial charge is 0.444 e. The lowest BCUT2D eigenvalue weighted by Gasteiger charge is -2.04. The van der Waals surface area contributed by atoms with Crippen LogP contribution in [0.15, 0.2) is 35.2 Å². The summed E-state index contributed by atoms with van der Waals surface area (Å²) < 4.78 is 6.83. The fraction of sp³-hybridized carbons (Fsp3) is 0.278. The monoisotopic (exact) mass is 381 g/mol. The Morgan fingerprint density at radius 2 is 2.21 bits per heavy atom. The molecule has 0 unspecified atom stereocenters. The summed E-state index contributed by atoms with van der Waals surface area (Å²) in [6.07, 6.45) is 6.89. The number of pyridine rings is 1. The highest BCUT2D eigenvalue weighted by Gasteiger charge is 2.21. The number of aromatic nitrogens is 4. The van der Waals surface area contributed by atoms with E-state index in [0.29, 0.717) is 11.5 Å². The SMILES string of the molecule is Cn1cc(NC(=O)c2coc(-c3ccnc(NCC4CC4)c3)n2)c(C(N)=O)n1. The highest BCUT2D eigenvalue weighted by Crippen LogP contribution is 2.29. The molecule has 3 heterocycles. The van der Waals surface area contributed by atoms with E-state index in [1.165, 1.54) is 30.0 Å². The molecule has 2 amide bonds. The fourth-order valence-electron chi connectivity index (χ4n) is 2.69. The molecule has 10 nitrogen and oxygen atoms in total. The van der Waals surface area contributed by atoms with Gasteiger partial charge in [0.2, 0.25) is 5.89 Å². The molecule has 4 rings (SSSR count). The van der Waals surface area contributed by atoms with Crippen LogP contribution in [0.3, 0.4) is 0 Å². The number of oxazole rings is 1. The first-order valence-corrected chi connectivity index (χ1v) is 8.80. The Morgan fingerprint density at radius 3 is 2.96 bits per heavy atom. The Bertz CT molecular complexity index is 1040. The third-order valence-electron chi connectivity index (χ3n) is 4.32. The average molecular weight is 381 g/mol. The third-order valence-corrected chi connectivity index (χ3v) is 4.32. The van der Waals surface area contributed by atoms with E-state index in [0.717, 1.165) is 18.3 Å². The minimum absolute atomic E-state index is 0.0277. The summed E-state index contributed by atoms with van der Waals surface area (Å²) in [6.45, 7) is 0.892. The van der Waals surface area contributed by atoms with Crippen LogP contribution in [0.5, 0.6) is 0 Å². The van der Waals surface area contributed by atoms with Crippen LogP contribution in [0.1, 0.15) is 33.8 Å². The number of carbonyl (C=O) groups is 2. The van der Waals surface area contributed by atoms with E-state index >= 15 is 0 Å². The Balaban J connectivity index is 1.48. The molecular weight excluding hydrogens is 362 g/mol. The van der Waals surface area contributed by atoms with Gasteiger partial charge in [0.05, 0.1) is 5.69 Å².